The first-order chi connectivity index (χ1) is 25.3. The Labute approximate surface area is 301 Å². The second-order valence-electron chi connectivity index (χ2n) is 13.2. The fourth-order valence-electron chi connectivity index (χ4n) is 7.89. The largest absolute Gasteiger partial charge is 0.135 e. The average Bonchev–Trinajstić information content (AvgIpc) is 3.59. The summed E-state index contributed by atoms with van der Waals surface area (Å²) in [5, 5.41) is 7.69. The Morgan fingerprint density at radius 1 is 0.255 bits per heavy atom. The van der Waals surface area contributed by atoms with E-state index in [1.807, 2.05) is 11.3 Å². The summed E-state index contributed by atoms with van der Waals surface area (Å²) in [6.07, 6.45) is 0. The van der Waals surface area contributed by atoms with Gasteiger partial charge in [0.05, 0.1) is 0 Å². The van der Waals surface area contributed by atoms with E-state index in [0.29, 0.717) is 0 Å². The first-order valence-corrected chi connectivity index (χ1v) is 18.3. The second kappa shape index (κ2) is 12.2. The fourth-order valence-corrected chi connectivity index (χ4v) is 9.13. The van der Waals surface area contributed by atoms with E-state index in [9.17, 15) is 0 Å². The van der Waals surface area contributed by atoms with Crippen LogP contribution in [-0.4, -0.2) is 0 Å². The first-order valence-electron chi connectivity index (χ1n) is 17.5. The van der Waals surface area contributed by atoms with Gasteiger partial charge in [0, 0.05) is 20.2 Å². The summed E-state index contributed by atoms with van der Waals surface area (Å²) in [6, 6.07) is 71.2. The van der Waals surface area contributed by atoms with Crippen molar-refractivity contribution in [3.8, 4) is 55.6 Å². The maximum atomic E-state index is 2.42. The molecule has 0 amide bonds. The van der Waals surface area contributed by atoms with Crippen molar-refractivity contribution in [3.63, 3.8) is 0 Å². The van der Waals surface area contributed by atoms with E-state index in [2.05, 4.69) is 194 Å². The Bertz CT molecular complexity index is 2880. The van der Waals surface area contributed by atoms with Crippen LogP contribution in [0.2, 0.25) is 0 Å². The molecule has 0 saturated carbocycles. The lowest BCUT2D eigenvalue weighted by atomic mass is 9.84. The molecule has 0 aliphatic heterocycles. The minimum absolute atomic E-state index is 1.21. The van der Waals surface area contributed by atoms with Crippen LogP contribution in [0.15, 0.2) is 194 Å². The van der Waals surface area contributed by atoms with Crippen LogP contribution in [0.5, 0.6) is 0 Å². The van der Waals surface area contributed by atoms with Gasteiger partial charge in [-0.05, 0) is 101 Å². The normalized spacial score (nSPS) is 11.5. The molecule has 1 heterocycles. The molecular formula is C50H32S. The van der Waals surface area contributed by atoms with Crippen molar-refractivity contribution in [1.29, 1.82) is 0 Å². The summed E-state index contributed by atoms with van der Waals surface area (Å²) in [5.41, 5.74) is 12.4. The van der Waals surface area contributed by atoms with Crippen LogP contribution in [0.1, 0.15) is 0 Å². The summed E-state index contributed by atoms with van der Waals surface area (Å²) in [4.78, 5) is 0. The standard InChI is InChI=1S/C50H32S/c1-4-14-33(15-5-1)37-26-28-42-45(31-37)48(34-16-6-2-7-17-34)43-29-27-38(32-46(43)49(42)35-18-8-3-9-19-35)36-20-12-21-39(30-36)40-23-13-24-44-41-22-10-11-25-47(41)51-50(40)44/h1-32H. The molecular weight excluding hydrogens is 633 g/mol. The summed E-state index contributed by atoms with van der Waals surface area (Å²) < 4.78 is 2.67. The zero-order chi connectivity index (χ0) is 33.7. The third kappa shape index (κ3) is 5.05. The van der Waals surface area contributed by atoms with Gasteiger partial charge in [-0.3, -0.25) is 0 Å². The third-order valence-corrected chi connectivity index (χ3v) is 11.5. The monoisotopic (exact) mass is 664 g/mol. The number of benzene rings is 9. The molecule has 0 radical (unpaired) electrons. The van der Waals surface area contributed by atoms with Gasteiger partial charge in [0.25, 0.3) is 0 Å². The van der Waals surface area contributed by atoms with Gasteiger partial charge in [0.1, 0.15) is 0 Å². The van der Waals surface area contributed by atoms with Crippen molar-refractivity contribution in [2.75, 3.05) is 0 Å². The van der Waals surface area contributed by atoms with Gasteiger partial charge in [-0.25, -0.2) is 0 Å². The molecule has 0 aliphatic carbocycles. The average molecular weight is 665 g/mol. The van der Waals surface area contributed by atoms with Gasteiger partial charge in [0.2, 0.25) is 0 Å². The summed E-state index contributed by atoms with van der Waals surface area (Å²) in [6.45, 7) is 0. The van der Waals surface area contributed by atoms with Crippen molar-refractivity contribution >= 4 is 53.1 Å². The molecule has 9 aromatic carbocycles. The van der Waals surface area contributed by atoms with Crippen molar-refractivity contribution in [1.82, 2.24) is 0 Å². The molecule has 51 heavy (non-hydrogen) atoms. The predicted octanol–water partition coefficient (Wildman–Crippen LogP) is 14.7. The quantitative estimate of drug-likeness (QED) is 0.161. The number of thiophene rings is 1. The molecule has 0 aliphatic rings. The molecule has 0 spiro atoms. The highest BCUT2D eigenvalue weighted by atomic mass is 32.1. The molecule has 0 unspecified atom stereocenters. The molecule has 0 bridgehead atoms. The minimum Gasteiger partial charge on any atom is -0.135 e. The Morgan fingerprint density at radius 3 is 1.37 bits per heavy atom. The molecule has 0 nitrogen and oxygen atoms in total. The minimum atomic E-state index is 1.21. The molecule has 0 saturated heterocycles. The highest BCUT2D eigenvalue weighted by Crippen LogP contribution is 2.46. The van der Waals surface area contributed by atoms with Crippen LogP contribution in [0.4, 0.5) is 0 Å². The molecule has 238 valence electrons. The molecule has 1 heteroatoms. The number of fused-ring (bicyclic) bond motifs is 5. The van der Waals surface area contributed by atoms with Gasteiger partial charge in [-0.1, -0.05) is 170 Å². The SMILES string of the molecule is c1ccc(-c2ccc3c(-c4ccccc4)c4cc(-c5cccc(-c6cccc7c6sc6ccccc67)c5)ccc4c(-c4ccccc4)c3c2)cc1. The number of hydrogen-bond donors (Lipinski definition) is 0. The van der Waals surface area contributed by atoms with Gasteiger partial charge >= 0.3 is 0 Å². The van der Waals surface area contributed by atoms with E-state index in [-0.39, 0.29) is 0 Å². The van der Waals surface area contributed by atoms with Crippen molar-refractivity contribution < 1.29 is 0 Å². The zero-order valence-electron chi connectivity index (χ0n) is 27.9. The molecule has 0 N–H and O–H groups in total. The highest BCUT2D eigenvalue weighted by molar-refractivity contribution is 7.26. The van der Waals surface area contributed by atoms with Gasteiger partial charge < -0.3 is 0 Å². The van der Waals surface area contributed by atoms with E-state index >= 15 is 0 Å². The van der Waals surface area contributed by atoms with Crippen LogP contribution in [0.25, 0.3) is 97.4 Å². The van der Waals surface area contributed by atoms with Gasteiger partial charge in [-0.15, -0.1) is 11.3 Å². The van der Waals surface area contributed by atoms with Gasteiger partial charge in [-0.2, -0.15) is 0 Å². The molecule has 10 rings (SSSR count). The van der Waals surface area contributed by atoms with Crippen LogP contribution in [0.3, 0.4) is 0 Å². The van der Waals surface area contributed by atoms with Crippen LogP contribution in [0, 0.1) is 0 Å². The Balaban J connectivity index is 1.23. The van der Waals surface area contributed by atoms with Crippen LogP contribution in [-0.2, 0) is 0 Å². The molecule has 0 atom stereocenters. The second-order valence-corrected chi connectivity index (χ2v) is 14.3. The van der Waals surface area contributed by atoms with Crippen molar-refractivity contribution in [2.24, 2.45) is 0 Å². The van der Waals surface area contributed by atoms with Gasteiger partial charge in [0.15, 0.2) is 0 Å². The highest BCUT2D eigenvalue weighted by Gasteiger charge is 2.19. The Kier molecular flexibility index (Phi) is 7.11. The third-order valence-electron chi connectivity index (χ3n) is 10.3. The Hall–Kier alpha value is -6.28. The lowest BCUT2D eigenvalue weighted by Crippen LogP contribution is -1.92. The predicted molar refractivity (Wildman–Crippen MR) is 222 cm³/mol. The van der Waals surface area contributed by atoms with Crippen molar-refractivity contribution in [3.05, 3.63) is 194 Å². The fraction of sp³-hybridized carbons (Fsp3) is 0. The molecule has 10 aromatic rings. The maximum absolute atomic E-state index is 2.42. The van der Waals surface area contributed by atoms with E-state index in [0.717, 1.165) is 0 Å². The zero-order valence-corrected chi connectivity index (χ0v) is 28.7. The van der Waals surface area contributed by atoms with Crippen LogP contribution >= 0.6 is 11.3 Å². The van der Waals surface area contributed by atoms with E-state index in [4.69, 9.17) is 0 Å². The van der Waals surface area contributed by atoms with E-state index in [1.165, 1.54) is 97.4 Å². The number of rotatable bonds is 5. The maximum Gasteiger partial charge on any atom is 0.0433 e. The van der Waals surface area contributed by atoms with Crippen LogP contribution < -0.4 is 0 Å². The smallest absolute Gasteiger partial charge is 0.0433 e. The Morgan fingerprint density at radius 2 is 0.725 bits per heavy atom. The van der Waals surface area contributed by atoms with E-state index in [1.54, 1.807) is 0 Å². The van der Waals surface area contributed by atoms with Crippen molar-refractivity contribution in [2.45, 2.75) is 0 Å². The lowest BCUT2D eigenvalue weighted by Gasteiger charge is -2.20. The first kappa shape index (κ1) is 29.6. The molecule has 1 aromatic heterocycles. The summed E-state index contributed by atoms with van der Waals surface area (Å²) in [5.74, 6) is 0. The summed E-state index contributed by atoms with van der Waals surface area (Å²) in [7, 11) is 0. The number of hydrogen-bond acceptors (Lipinski definition) is 1. The topological polar surface area (TPSA) is 0 Å². The van der Waals surface area contributed by atoms with E-state index < -0.39 is 0 Å². The summed E-state index contributed by atoms with van der Waals surface area (Å²) >= 11 is 1.89. The lowest BCUT2D eigenvalue weighted by molar-refractivity contribution is 1.61. The molecule has 0 fully saturated rings.